The summed E-state index contributed by atoms with van der Waals surface area (Å²) in [6.07, 6.45) is 2.51. The Morgan fingerprint density at radius 1 is 1.39 bits per heavy atom. The maximum Gasteiger partial charge on any atom is 0.255 e. The van der Waals surface area contributed by atoms with Crippen LogP contribution in [0.1, 0.15) is 34.1 Å². The maximum atomic E-state index is 12.8. The van der Waals surface area contributed by atoms with Crippen LogP contribution in [0.25, 0.3) is 0 Å². The van der Waals surface area contributed by atoms with Crippen LogP contribution in [0, 0.1) is 11.3 Å². The molecule has 1 amide bonds. The van der Waals surface area contributed by atoms with Crippen molar-refractivity contribution < 1.29 is 9.53 Å². The number of hydrogen-bond donors (Lipinski definition) is 0. The van der Waals surface area contributed by atoms with Crippen molar-refractivity contribution in [1.29, 1.82) is 5.26 Å². The Morgan fingerprint density at radius 2 is 2.26 bits per heavy atom. The molecule has 0 radical (unpaired) electrons. The normalized spacial score (nSPS) is 22.8. The summed E-state index contributed by atoms with van der Waals surface area (Å²) in [6, 6.07) is 8.97. The lowest BCUT2D eigenvalue weighted by atomic mass is 9.98. The van der Waals surface area contributed by atoms with Gasteiger partial charge in [0.15, 0.2) is 0 Å². The number of carbonyl (C=O) groups excluding carboxylic acids is 1. The Hall–Kier alpha value is -2.72. The van der Waals surface area contributed by atoms with Crippen LogP contribution < -0.4 is 0 Å². The lowest BCUT2D eigenvalue weighted by molar-refractivity contribution is -0.0605. The van der Waals surface area contributed by atoms with E-state index in [0.717, 1.165) is 12.1 Å². The van der Waals surface area contributed by atoms with E-state index < -0.39 is 0 Å². The van der Waals surface area contributed by atoms with Crippen LogP contribution in [-0.2, 0) is 11.3 Å². The third-order valence-electron chi connectivity index (χ3n) is 4.49. The van der Waals surface area contributed by atoms with Crippen molar-refractivity contribution in [2.75, 3.05) is 13.1 Å². The Kier molecular flexibility index (Phi) is 3.32. The van der Waals surface area contributed by atoms with Crippen LogP contribution in [0.2, 0.25) is 0 Å². The zero-order valence-corrected chi connectivity index (χ0v) is 12.4. The summed E-state index contributed by atoms with van der Waals surface area (Å²) >= 11 is 0. The second-order valence-electron chi connectivity index (χ2n) is 5.78. The fraction of sp³-hybridized carbons (Fsp3) is 0.375. The van der Waals surface area contributed by atoms with Gasteiger partial charge >= 0.3 is 0 Å². The van der Waals surface area contributed by atoms with Gasteiger partial charge in [0.2, 0.25) is 0 Å². The largest absolute Gasteiger partial charge is 0.370 e. The molecular weight excluding hydrogens is 294 g/mol. The number of hydrogen-bond acceptors (Lipinski definition) is 5. The summed E-state index contributed by atoms with van der Waals surface area (Å²) < 4.78 is 7.72. The van der Waals surface area contributed by atoms with E-state index in [0.29, 0.717) is 30.8 Å². The van der Waals surface area contributed by atoms with Gasteiger partial charge in [-0.3, -0.25) is 4.79 Å². The van der Waals surface area contributed by atoms with Gasteiger partial charge in [0, 0.05) is 13.1 Å². The molecule has 1 fully saturated rings. The smallest absolute Gasteiger partial charge is 0.255 e. The lowest BCUT2D eigenvalue weighted by Crippen LogP contribution is -2.50. The number of nitriles is 1. The van der Waals surface area contributed by atoms with Gasteiger partial charge in [0.05, 0.1) is 47.8 Å². The molecule has 7 nitrogen and oxygen atoms in total. The first-order valence-corrected chi connectivity index (χ1v) is 7.57. The van der Waals surface area contributed by atoms with Crippen LogP contribution in [0.5, 0.6) is 0 Å². The van der Waals surface area contributed by atoms with Gasteiger partial charge in [-0.2, -0.15) is 5.26 Å². The fourth-order valence-corrected chi connectivity index (χ4v) is 3.30. The molecule has 1 aromatic carbocycles. The summed E-state index contributed by atoms with van der Waals surface area (Å²) in [5.41, 5.74) is 1.78. The molecule has 2 atom stereocenters. The minimum atomic E-state index is -0.118. The van der Waals surface area contributed by atoms with Gasteiger partial charge in [0.1, 0.15) is 0 Å². The summed E-state index contributed by atoms with van der Waals surface area (Å²) in [4.78, 5) is 14.6. The molecule has 4 rings (SSSR count). The highest BCUT2D eigenvalue weighted by atomic mass is 16.5. The number of amides is 1. The van der Waals surface area contributed by atoms with E-state index >= 15 is 0 Å². The molecule has 23 heavy (non-hydrogen) atoms. The predicted octanol–water partition coefficient (Wildman–Crippen LogP) is 1.14. The van der Waals surface area contributed by atoms with Crippen molar-refractivity contribution in [3.63, 3.8) is 0 Å². The van der Waals surface area contributed by atoms with Crippen LogP contribution >= 0.6 is 0 Å². The molecule has 0 bridgehead atoms. The topological polar surface area (TPSA) is 84.0 Å². The molecule has 1 aromatic heterocycles. The summed E-state index contributed by atoms with van der Waals surface area (Å²) in [5, 5.41) is 17.3. The van der Waals surface area contributed by atoms with E-state index in [1.54, 1.807) is 35.4 Å². The second kappa shape index (κ2) is 5.48. The minimum absolute atomic E-state index is 0.0202. The molecule has 0 saturated carbocycles. The van der Waals surface area contributed by atoms with Crippen molar-refractivity contribution in [2.45, 2.75) is 25.2 Å². The first-order valence-electron chi connectivity index (χ1n) is 7.57. The van der Waals surface area contributed by atoms with Crippen molar-refractivity contribution in [2.24, 2.45) is 0 Å². The molecule has 0 N–H and O–H groups in total. The van der Waals surface area contributed by atoms with Gasteiger partial charge in [-0.15, -0.1) is 5.10 Å². The van der Waals surface area contributed by atoms with Crippen molar-refractivity contribution >= 4 is 5.91 Å². The molecule has 2 aliphatic rings. The number of ether oxygens (including phenoxy) is 1. The van der Waals surface area contributed by atoms with Gasteiger partial charge in [0.25, 0.3) is 5.91 Å². The number of rotatable bonds is 1. The van der Waals surface area contributed by atoms with Gasteiger partial charge in [-0.05, 0) is 18.6 Å². The molecule has 2 aliphatic heterocycles. The molecule has 2 aromatic rings. The Bertz CT molecular complexity index is 794. The number of benzene rings is 1. The quantitative estimate of drug-likeness (QED) is 0.788. The number of fused-ring (bicyclic) bond motifs is 3. The summed E-state index contributed by atoms with van der Waals surface area (Å²) in [7, 11) is 0. The molecule has 0 spiro atoms. The number of piperidine rings is 1. The van der Waals surface area contributed by atoms with Crippen LogP contribution in [0.15, 0.2) is 30.5 Å². The molecule has 116 valence electrons. The zero-order valence-electron chi connectivity index (χ0n) is 12.4. The van der Waals surface area contributed by atoms with E-state index in [1.807, 2.05) is 4.68 Å². The van der Waals surface area contributed by atoms with E-state index in [9.17, 15) is 10.1 Å². The van der Waals surface area contributed by atoms with E-state index in [-0.39, 0.29) is 18.1 Å². The molecule has 3 heterocycles. The highest BCUT2D eigenvalue weighted by Gasteiger charge is 2.38. The first-order chi connectivity index (χ1) is 11.3. The predicted molar refractivity (Wildman–Crippen MR) is 79.3 cm³/mol. The first kappa shape index (κ1) is 13.9. The van der Waals surface area contributed by atoms with Crippen molar-refractivity contribution in [1.82, 2.24) is 19.9 Å². The third kappa shape index (κ3) is 2.28. The Balaban J connectivity index is 1.61. The van der Waals surface area contributed by atoms with E-state index in [2.05, 4.69) is 16.4 Å². The molecule has 0 aliphatic carbocycles. The monoisotopic (exact) mass is 309 g/mol. The third-order valence-corrected chi connectivity index (χ3v) is 4.49. The number of likely N-dealkylation sites (tertiary alicyclic amines) is 1. The number of nitrogens with zero attached hydrogens (tertiary/aromatic N) is 5. The van der Waals surface area contributed by atoms with Gasteiger partial charge < -0.3 is 9.64 Å². The minimum Gasteiger partial charge on any atom is -0.370 e. The van der Waals surface area contributed by atoms with Gasteiger partial charge in [-0.25, -0.2) is 4.68 Å². The molecule has 0 unspecified atom stereocenters. The maximum absolute atomic E-state index is 12.8. The van der Waals surface area contributed by atoms with Crippen molar-refractivity contribution in [3.8, 4) is 6.07 Å². The Labute approximate surface area is 133 Å². The standard InChI is InChI=1S/C16H15N5O2/c17-7-11-3-1-2-4-13(11)16(22)20-6-5-15-14(9-20)21-12(10-23-15)8-18-19-21/h1-4,8,14-15H,5-6,9-10H2/t14-,15+/m0/s1. The van der Waals surface area contributed by atoms with Gasteiger partial charge in [-0.1, -0.05) is 17.3 Å². The lowest BCUT2D eigenvalue weighted by Gasteiger charge is -2.41. The van der Waals surface area contributed by atoms with E-state index in [4.69, 9.17) is 4.74 Å². The van der Waals surface area contributed by atoms with E-state index in [1.165, 1.54) is 0 Å². The van der Waals surface area contributed by atoms with Crippen LogP contribution in [0.4, 0.5) is 0 Å². The number of aromatic nitrogens is 3. The average Bonchev–Trinajstić information content (AvgIpc) is 3.09. The summed E-state index contributed by atoms with van der Waals surface area (Å²) in [6.45, 7) is 1.64. The Morgan fingerprint density at radius 3 is 3.13 bits per heavy atom. The average molecular weight is 309 g/mol. The SMILES string of the molecule is N#Cc1ccccc1C(=O)N1CC[C@H]2OCc3cnnn3[C@H]2C1. The fourth-order valence-electron chi connectivity index (χ4n) is 3.30. The van der Waals surface area contributed by atoms with Crippen LogP contribution in [0.3, 0.4) is 0 Å². The zero-order chi connectivity index (χ0) is 15.8. The molecular formula is C16H15N5O2. The molecule has 1 saturated heterocycles. The van der Waals surface area contributed by atoms with Crippen molar-refractivity contribution in [3.05, 3.63) is 47.3 Å². The van der Waals surface area contributed by atoms with Crippen LogP contribution in [-0.4, -0.2) is 45.0 Å². The highest BCUT2D eigenvalue weighted by molar-refractivity contribution is 5.96. The number of carbonyl (C=O) groups is 1. The summed E-state index contributed by atoms with van der Waals surface area (Å²) in [5.74, 6) is -0.118. The molecule has 7 heteroatoms. The highest BCUT2D eigenvalue weighted by Crippen LogP contribution is 2.30. The second-order valence-corrected chi connectivity index (χ2v) is 5.78.